The predicted octanol–water partition coefficient (Wildman–Crippen LogP) is 5.31. The van der Waals surface area contributed by atoms with Crippen molar-refractivity contribution in [3.8, 4) is 0 Å². The lowest BCUT2D eigenvalue weighted by Gasteiger charge is -2.15. The number of aryl methyl sites for hydroxylation is 1. The first-order valence-corrected chi connectivity index (χ1v) is 10.8. The lowest BCUT2D eigenvalue weighted by molar-refractivity contribution is -0.122. The number of hydrogen-bond acceptors (Lipinski definition) is 3. The Morgan fingerprint density at radius 1 is 0.967 bits per heavy atom. The summed E-state index contributed by atoms with van der Waals surface area (Å²) in [5.74, 6) is 0.0107. The molecule has 1 aromatic heterocycles. The molecule has 0 unspecified atom stereocenters. The van der Waals surface area contributed by atoms with Gasteiger partial charge >= 0.3 is 0 Å². The van der Waals surface area contributed by atoms with E-state index in [0.717, 1.165) is 27.6 Å². The topological polar surface area (TPSA) is 37.6 Å². The molecule has 3 aromatic rings. The number of carbonyl (C=O) groups excluding carboxylic acids is 1. The maximum atomic E-state index is 13.3. The van der Waals surface area contributed by atoms with Crippen LogP contribution >= 0.6 is 11.8 Å². The molecule has 1 fully saturated rings. The molecule has 0 atom stereocenters. The van der Waals surface area contributed by atoms with Crippen molar-refractivity contribution < 1.29 is 4.79 Å². The van der Waals surface area contributed by atoms with Crippen molar-refractivity contribution in [3.63, 3.8) is 0 Å². The summed E-state index contributed by atoms with van der Waals surface area (Å²) in [5, 5.41) is 0.754. The molecule has 4 nitrogen and oxygen atoms in total. The first-order chi connectivity index (χ1) is 14.5. The number of aromatic nitrogens is 1. The van der Waals surface area contributed by atoms with Gasteiger partial charge in [0, 0.05) is 18.4 Å². The summed E-state index contributed by atoms with van der Waals surface area (Å²) in [6, 6.07) is 22.3. The van der Waals surface area contributed by atoms with E-state index >= 15 is 0 Å². The maximum Gasteiger partial charge on any atom is 0.267 e. The van der Waals surface area contributed by atoms with Gasteiger partial charge in [0.05, 0.1) is 18.0 Å². The summed E-state index contributed by atoms with van der Waals surface area (Å²) < 4.78 is 2.14. The monoisotopic (exact) mass is 415 g/mol. The number of benzene rings is 2. The van der Waals surface area contributed by atoms with Gasteiger partial charge in [-0.15, -0.1) is 0 Å². The highest BCUT2D eigenvalue weighted by atomic mass is 32.2. The zero-order valence-electron chi connectivity index (χ0n) is 17.5. The molecule has 0 N–H and O–H groups in total. The van der Waals surface area contributed by atoms with Crippen molar-refractivity contribution in [3.05, 3.63) is 99.7 Å². The highest BCUT2D eigenvalue weighted by Crippen LogP contribution is 2.34. The molecule has 0 radical (unpaired) electrons. The van der Waals surface area contributed by atoms with Gasteiger partial charge < -0.3 is 4.57 Å². The molecule has 0 spiro atoms. The second-order valence-electron chi connectivity index (χ2n) is 7.46. The standard InChI is InChI=1S/C25H25N3OS/c1-18-14-22(19(2)27(18)3)15-23-24(29)28(17-21-12-8-5-9-13-21)25(30-23)26-16-20-10-6-4-7-11-20/h4-15H,16-17H2,1-3H3/b23-15-,26-25?. The quantitative estimate of drug-likeness (QED) is 0.529. The fraction of sp³-hybridized carbons (Fsp3) is 0.200. The van der Waals surface area contributed by atoms with Crippen LogP contribution in [0.4, 0.5) is 0 Å². The molecule has 0 bridgehead atoms. The molecule has 2 aromatic carbocycles. The zero-order valence-corrected chi connectivity index (χ0v) is 18.3. The first-order valence-electron chi connectivity index (χ1n) is 9.99. The number of rotatable bonds is 5. The summed E-state index contributed by atoms with van der Waals surface area (Å²) in [4.78, 5) is 20.6. The fourth-order valence-corrected chi connectivity index (χ4v) is 4.41. The number of thioether (sulfide) groups is 1. The Morgan fingerprint density at radius 2 is 1.60 bits per heavy atom. The van der Waals surface area contributed by atoms with E-state index in [-0.39, 0.29) is 5.91 Å². The second kappa shape index (κ2) is 8.76. The third-order valence-corrected chi connectivity index (χ3v) is 6.46. The van der Waals surface area contributed by atoms with Gasteiger partial charge in [-0.25, -0.2) is 0 Å². The summed E-state index contributed by atoms with van der Waals surface area (Å²) in [5.41, 5.74) is 5.62. The molecule has 5 heteroatoms. The Morgan fingerprint density at radius 3 is 2.20 bits per heavy atom. The van der Waals surface area contributed by atoms with Crippen LogP contribution in [0.1, 0.15) is 28.1 Å². The summed E-state index contributed by atoms with van der Waals surface area (Å²) in [6.07, 6.45) is 2.00. The van der Waals surface area contributed by atoms with Crippen LogP contribution in [0.5, 0.6) is 0 Å². The van der Waals surface area contributed by atoms with Crippen LogP contribution in [-0.4, -0.2) is 20.5 Å². The minimum absolute atomic E-state index is 0.0107. The lowest BCUT2D eigenvalue weighted by atomic mass is 10.2. The highest BCUT2D eigenvalue weighted by molar-refractivity contribution is 8.18. The van der Waals surface area contributed by atoms with Crippen molar-refractivity contribution in [1.29, 1.82) is 0 Å². The van der Waals surface area contributed by atoms with Gasteiger partial charge in [-0.3, -0.25) is 14.7 Å². The van der Waals surface area contributed by atoms with Crippen molar-refractivity contribution in [2.75, 3.05) is 0 Å². The van der Waals surface area contributed by atoms with Gasteiger partial charge in [0.15, 0.2) is 5.17 Å². The molecule has 1 aliphatic rings. The van der Waals surface area contributed by atoms with Crippen molar-refractivity contribution in [2.24, 2.45) is 12.0 Å². The van der Waals surface area contributed by atoms with Crippen molar-refractivity contribution >= 4 is 28.9 Å². The highest BCUT2D eigenvalue weighted by Gasteiger charge is 2.33. The van der Waals surface area contributed by atoms with E-state index in [1.807, 2.05) is 61.7 Å². The molecule has 2 heterocycles. The SMILES string of the molecule is Cc1cc(/C=C2\SC(=NCc3ccccc3)N(Cc3ccccc3)C2=O)c(C)n1C. The molecule has 4 rings (SSSR count). The van der Waals surface area contributed by atoms with E-state index in [2.05, 4.69) is 36.6 Å². The number of amides is 1. The van der Waals surface area contributed by atoms with E-state index in [1.165, 1.54) is 17.5 Å². The average molecular weight is 416 g/mol. The van der Waals surface area contributed by atoms with E-state index in [9.17, 15) is 4.79 Å². The Labute approximate surface area is 181 Å². The molecular weight excluding hydrogens is 390 g/mol. The number of hydrogen-bond donors (Lipinski definition) is 0. The van der Waals surface area contributed by atoms with E-state index < -0.39 is 0 Å². The number of nitrogens with zero attached hydrogens (tertiary/aromatic N) is 3. The molecular formula is C25H25N3OS. The number of amidine groups is 1. The average Bonchev–Trinajstić information content (AvgIpc) is 3.19. The van der Waals surface area contributed by atoms with Crippen LogP contribution in [0.15, 0.2) is 76.6 Å². The number of aliphatic imine (C=N–C) groups is 1. The van der Waals surface area contributed by atoms with Gasteiger partial charge in [-0.1, -0.05) is 60.7 Å². The van der Waals surface area contributed by atoms with Crippen LogP contribution in [0, 0.1) is 13.8 Å². The molecule has 152 valence electrons. The third-order valence-electron chi connectivity index (χ3n) is 5.41. The molecule has 1 amide bonds. The van der Waals surface area contributed by atoms with E-state index in [4.69, 9.17) is 4.99 Å². The normalized spacial score (nSPS) is 16.8. The van der Waals surface area contributed by atoms with Crippen LogP contribution in [0.2, 0.25) is 0 Å². The molecule has 0 aliphatic carbocycles. The van der Waals surface area contributed by atoms with E-state index in [0.29, 0.717) is 18.0 Å². The van der Waals surface area contributed by atoms with Crippen LogP contribution < -0.4 is 0 Å². The van der Waals surface area contributed by atoms with Gasteiger partial charge in [0.2, 0.25) is 0 Å². The maximum absolute atomic E-state index is 13.3. The molecule has 1 saturated heterocycles. The Bertz CT molecular complexity index is 1110. The lowest BCUT2D eigenvalue weighted by Crippen LogP contribution is -2.28. The smallest absolute Gasteiger partial charge is 0.267 e. The largest absolute Gasteiger partial charge is 0.352 e. The Kier molecular flexibility index (Phi) is 5.91. The molecule has 1 aliphatic heterocycles. The zero-order chi connectivity index (χ0) is 21.1. The van der Waals surface area contributed by atoms with Crippen molar-refractivity contribution in [2.45, 2.75) is 26.9 Å². The van der Waals surface area contributed by atoms with Gasteiger partial charge in [-0.2, -0.15) is 0 Å². The first kappa shape index (κ1) is 20.2. The molecule has 30 heavy (non-hydrogen) atoms. The van der Waals surface area contributed by atoms with Crippen LogP contribution in [0.25, 0.3) is 6.08 Å². The third kappa shape index (κ3) is 4.26. The van der Waals surface area contributed by atoms with Crippen LogP contribution in [0.3, 0.4) is 0 Å². The minimum atomic E-state index is 0.0107. The predicted molar refractivity (Wildman–Crippen MR) is 125 cm³/mol. The summed E-state index contributed by atoms with van der Waals surface area (Å²) in [6.45, 7) is 5.23. The minimum Gasteiger partial charge on any atom is -0.352 e. The molecule has 0 saturated carbocycles. The second-order valence-corrected chi connectivity index (χ2v) is 8.47. The fourth-order valence-electron chi connectivity index (χ4n) is 3.45. The summed E-state index contributed by atoms with van der Waals surface area (Å²) >= 11 is 1.46. The van der Waals surface area contributed by atoms with Gasteiger partial charge in [0.1, 0.15) is 0 Å². The number of carbonyl (C=O) groups is 1. The van der Waals surface area contributed by atoms with Crippen molar-refractivity contribution in [1.82, 2.24) is 9.47 Å². The Balaban J connectivity index is 1.66. The summed E-state index contributed by atoms with van der Waals surface area (Å²) in [7, 11) is 2.05. The van der Waals surface area contributed by atoms with Crippen LogP contribution in [-0.2, 0) is 24.9 Å². The van der Waals surface area contributed by atoms with Gasteiger partial charge in [-0.05, 0) is 54.4 Å². The van der Waals surface area contributed by atoms with E-state index in [1.54, 1.807) is 4.90 Å². The van der Waals surface area contributed by atoms with Gasteiger partial charge in [0.25, 0.3) is 5.91 Å². The Hall–Kier alpha value is -3.05.